The van der Waals surface area contributed by atoms with E-state index < -0.39 is 0 Å². The van der Waals surface area contributed by atoms with Gasteiger partial charge >= 0.3 is 0 Å². The van der Waals surface area contributed by atoms with Crippen LogP contribution in [-0.2, 0) is 11.3 Å². The Morgan fingerprint density at radius 2 is 1.70 bits per heavy atom. The van der Waals surface area contributed by atoms with Crippen LogP contribution in [0, 0.1) is 0 Å². The molecule has 0 radical (unpaired) electrons. The highest BCUT2D eigenvalue weighted by atomic mass is 35.5. The van der Waals surface area contributed by atoms with Gasteiger partial charge in [0.15, 0.2) is 0 Å². The lowest BCUT2D eigenvalue weighted by molar-refractivity contribution is 0.0259. The van der Waals surface area contributed by atoms with Crippen LogP contribution in [0.15, 0.2) is 48.5 Å². The number of ether oxygens (including phenoxy) is 1. The van der Waals surface area contributed by atoms with Gasteiger partial charge in [-0.1, -0.05) is 47.5 Å². The maximum atomic E-state index is 6.02. The van der Waals surface area contributed by atoms with Crippen LogP contribution in [0.4, 0.5) is 0 Å². The molecule has 0 amide bonds. The third kappa shape index (κ3) is 4.22. The molecule has 0 aromatic heterocycles. The first-order valence-corrected chi connectivity index (χ1v) is 7.19. The number of benzene rings is 2. The molecule has 0 saturated carbocycles. The molecule has 2 aromatic carbocycles. The fraction of sp³-hybridized carbons (Fsp3) is 0.250. The average Bonchev–Trinajstić information content (AvgIpc) is 2.38. The van der Waals surface area contributed by atoms with Crippen LogP contribution in [0.2, 0.25) is 10.0 Å². The van der Waals surface area contributed by atoms with Gasteiger partial charge in [0.1, 0.15) is 0 Å². The lowest BCUT2D eigenvalue weighted by Gasteiger charge is -2.22. The summed E-state index contributed by atoms with van der Waals surface area (Å²) in [5, 5.41) is 1.38. The van der Waals surface area contributed by atoms with E-state index in [1.807, 2.05) is 55.5 Å². The van der Waals surface area contributed by atoms with Crippen molar-refractivity contribution in [2.45, 2.75) is 25.7 Å². The summed E-state index contributed by atoms with van der Waals surface area (Å²) in [7, 11) is 0. The molecule has 0 aliphatic rings. The largest absolute Gasteiger partial charge is 0.367 e. The molecule has 2 nitrogen and oxygen atoms in total. The van der Waals surface area contributed by atoms with Gasteiger partial charge in [0.05, 0.1) is 12.7 Å². The van der Waals surface area contributed by atoms with E-state index >= 15 is 0 Å². The van der Waals surface area contributed by atoms with Crippen molar-refractivity contribution in [3.05, 3.63) is 69.7 Å². The summed E-state index contributed by atoms with van der Waals surface area (Å²) in [6.07, 6.45) is -0.201. The van der Waals surface area contributed by atoms with E-state index in [1.54, 1.807) is 0 Å². The van der Waals surface area contributed by atoms with Gasteiger partial charge in [-0.25, -0.2) is 0 Å². The maximum absolute atomic E-state index is 6.02. The third-order valence-corrected chi connectivity index (χ3v) is 3.44. The van der Waals surface area contributed by atoms with Crippen molar-refractivity contribution in [2.75, 3.05) is 0 Å². The number of rotatable bonds is 5. The highest BCUT2D eigenvalue weighted by Gasteiger charge is 2.17. The molecule has 2 rings (SSSR count). The van der Waals surface area contributed by atoms with Gasteiger partial charge in [-0.2, -0.15) is 0 Å². The summed E-state index contributed by atoms with van der Waals surface area (Å²) in [6, 6.07) is 15.1. The molecule has 0 aliphatic heterocycles. The molecule has 2 unspecified atom stereocenters. The lowest BCUT2D eigenvalue weighted by Crippen LogP contribution is -2.26. The normalized spacial score (nSPS) is 14.0. The second-order valence-corrected chi connectivity index (χ2v) is 5.65. The number of halogens is 2. The highest BCUT2D eigenvalue weighted by Crippen LogP contribution is 2.25. The zero-order valence-corrected chi connectivity index (χ0v) is 12.7. The Morgan fingerprint density at radius 3 is 2.30 bits per heavy atom. The molecule has 0 fully saturated rings. The molecule has 0 saturated heterocycles. The van der Waals surface area contributed by atoms with Gasteiger partial charge in [0.2, 0.25) is 0 Å². The van der Waals surface area contributed by atoms with E-state index in [0.717, 1.165) is 11.1 Å². The molecule has 106 valence electrons. The number of hydrogen-bond donors (Lipinski definition) is 1. The second kappa shape index (κ2) is 7.09. The summed E-state index contributed by atoms with van der Waals surface area (Å²) < 4.78 is 5.94. The third-order valence-electron chi connectivity index (χ3n) is 2.97. The van der Waals surface area contributed by atoms with Crippen LogP contribution in [0.5, 0.6) is 0 Å². The molecular formula is C16H17Cl2NO. The van der Waals surface area contributed by atoms with Crippen molar-refractivity contribution < 1.29 is 4.74 Å². The lowest BCUT2D eigenvalue weighted by atomic mass is 10.0. The summed E-state index contributed by atoms with van der Waals surface area (Å²) in [5.74, 6) is 0. The van der Waals surface area contributed by atoms with Crippen molar-refractivity contribution in [2.24, 2.45) is 5.73 Å². The van der Waals surface area contributed by atoms with E-state index in [2.05, 4.69) is 0 Å². The fourth-order valence-electron chi connectivity index (χ4n) is 2.05. The molecule has 0 spiro atoms. The van der Waals surface area contributed by atoms with Crippen molar-refractivity contribution in [3.63, 3.8) is 0 Å². The van der Waals surface area contributed by atoms with Crippen LogP contribution in [0.25, 0.3) is 0 Å². The zero-order valence-electron chi connectivity index (χ0n) is 11.2. The minimum Gasteiger partial charge on any atom is -0.367 e. The van der Waals surface area contributed by atoms with Gasteiger partial charge in [-0.3, -0.25) is 0 Å². The van der Waals surface area contributed by atoms with Crippen LogP contribution in [0.1, 0.15) is 24.2 Å². The Morgan fingerprint density at radius 1 is 1.05 bits per heavy atom. The van der Waals surface area contributed by atoms with Crippen molar-refractivity contribution in [3.8, 4) is 0 Å². The molecular weight excluding hydrogens is 293 g/mol. The van der Waals surface area contributed by atoms with Crippen LogP contribution >= 0.6 is 23.2 Å². The minimum atomic E-state index is -0.201. The maximum Gasteiger partial charge on any atom is 0.0978 e. The van der Waals surface area contributed by atoms with Gasteiger partial charge in [0, 0.05) is 16.1 Å². The van der Waals surface area contributed by atoms with Crippen molar-refractivity contribution >= 4 is 23.2 Å². The molecule has 2 N–H and O–H groups in total. The van der Waals surface area contributed by atoms with Crippen LogP contribution in [0.3, 0.4) is 0 Å². The Kier molecular flexibility index (Phi) is 5.44. The minimum absolute atomic E-state index is 0.132. The molecule has 4 heteroatoms. The quantitative estimate of drug-likeness (QED) is 0.876. The first-order chi connectivity index (χ1) is 9.56. The Hall–Kier alpha value is -1.06. The fourth-order valence-corrected chi connectivity index (χ4v) is 2.46. The van der Waals surface area contributed by atoms with Gasteiger partial charge in [0.25, 0.3) is 0 Å². The molecule has 2 atom stereocenters. The average molecular weight is 310 g/mol. The van der Waals surface area contributed by atoms with Gasteiger partial charge in [-0.05, 0) is 42.3 Å². The number of nitrogens with two attached hydrogens (primary N) is 1. The Bertz CT molecular complexity index is 572. The molecule has 0 heterocycles. The summed E-state index contributed by atoms with van der Waals surface area (Å²) in [5.41, 5.74) is 8.02. The van der Waals surface area contributed by atoms with Crippen molar-refractivity contribution in [1.82, 2.24) is 0 Å². The topological polar surface area (TPSA) is 35.2 Å². The van der Waals surface area contributed by atoms with E-state index in [9.17, 15) is 0 Å². The van der Waals surface area contributed by atoms with Gasteiger partial charge < -0.3 is 10.5 Å². The number of hydrogen-bond acceptors (Lipinski definition) is 2. The van der Waals surface area contributed by atoms with Crippen LogP contribution < -0.4 is 5.73 Å². The summed E-state index contributed by atoms with van der Waals surface area (Å²) in [6.45, 7) is 2.38. The van der Waals surface area contributed by atoms with Crippen LogP contribution in [-0.4, -0.2) is 6.04 Å². The summed E-state index contributed by atoms with van der Waals surface area (Å²) in [4.78, 5) is 0. The first kappa shape index (κ1) is 15.3. The predicted octanol–water partition coefficient (Wildman–Crippen LogP) is 4.60. The van der Waals surface area contributed by atoms with E-state index in [-0.39, 0.29) is 12.1 Å². The smallest absolute Gasteiger partial charge is 0.0978 e. The Labute approximate surface area is 129 Å². The predicted molar refractivity (Wildman–Crippen MR) is 84.1 cm³/mol. The summed E-state index contributed by atoms with van der Waals surface area (Å²) >= 11 is 12.0. The Balaban J connectivity index is 2.10. The van der Waals surface area contributed by atoms with Gasteiger partial charge in [-0.15, -0.1) is 0 Å². The molecule has 0 bridgehead atoms. The van der Waals surface area contributed by atoms with Crippen molar-refractivity contribution in [1.29, 1.82) is 0 Å². The van der Waals surface area contributed by atoms with E-state index in [4.69, 9.17) is 33.7 Å². The standard InChI is InChI=1S/C16H17Cl2NO/c1-11(19)16(13-5-3-7-15(18)9-13)20-10-12-4-2-6-14(17)8-12/h2-9,11,16H,10,19H2,1H3. The van der Waals surface area contributed by atoms with E-state index in [1.165, 1.54) is 0 Å². The second-order valence-electron chi connectivity index (χ2n) is 4.78. The molecule has 20 heavy (non-hydrogen) atoms. The molecule has 0 aliphatic carbocycles. The zero-order chi connectivity index (χ0) is 14.5. The first-order valence-electron chi connectivity index (χ1n) is 6.43. The highest BCUT2D eigenvalue weighted by molar-refractivity contribution is 6.30. The monoisotopic (exact) mass is 309 g/mol. The van der Waals surface area contributed by atoms with E-state index in [0.29, 0.717) is 16.7 Å². The SMILES string of the molecule is CC(N)C(OCc1cccc(Cl)c1)c1cccc(Cl)c1. The molecule has 2 aromatic rings.